The van der Waals surface area contributed by atoms with E-state index in [1.807, 2.05) is 6.07 Å². The molecule has 18 heavy (non-hydrogen) atoms. The van der Waals surface area contributed by atoms with Crippen LogP contribution in [0, 0.1) is 11.3 Å². The number of hydrogen-bond donors (Lipinski definition) is 2. The van der Waals surface area contributed by atoms with Crippen LogP contribution < -0.4 is 11.1 Å². The summed E-state index contributed by atoms with van der Waals surface area (Å²) in [5.74, 6) is -0.329. The van der Waals surface area contributed by atoms with E-state index in [-0.39, 0.29) is 5.91 Å². The van der Waals surface area contributed by atoms with Gasteiger partial charge in [0.2, 0.25) is 0 Å². The average molecular weight is 238 g/mol. The highest BCUT2D eigenvalue weighted by Crippen LogP contribution is 2.14. The fourth-order valence-corrected chi connectivity index (χ4v) is 1.48. The van der Waals surface area contributed by atoms with Gasteiger partial charge in [-0.1, -0.05) is 6.07 Å². The zero-order valence-electron chi connectivity index (χ0n) is 9.42. The van der Waals surface area contributed by atoms with Crippen LogP contribution in [0.2, 0.25) is 0 Å². The molecule has 0 aliphatic carbocycles. The van der Waals surface area contributed by atoms with Crippen LogP contribution in [0.3, 0.4) is 0 Å². The molecule has 0 radical (unpaired) electrons. The minimum atomic E-state index is -0.329. The number of anilines is 2. The first-order chi connectivity index (χ1) is 8.70. The Hall–Kier alpha value is -2.87. The molecule has 0 aliphatic rings. The largest absolute Gasteiger partial charge is 0.397 e. The fraction of sp³-hybridized carbons (Fsp3) is 0. The van der Waals surface area contributed by atoms with Gasteiger partial charge >= 0.3 is 0 Å². The van der Waals surface area contributed by atoms with Crippen molar-refractivity contribution in [2.75, 3.05) is 11.1 Å². The number of carbonyl (C=O) groups excluding carboxylic acids is 1. The van der Waals surface area contributed by atoms with Crippen LogP contribution >= 0.6 is 0 Å². The molecule has 1 amide bonds. The summed E-state index contributed by atoms with van der Waals surface area (Å²) >= 11 is 0. The van der Waals surface area contributed by atoms with E-state index in [2.05, 4.69) is 10.3 Å². The van der Waals surface area contributed by atoms with Crippen LogP contribution in [0.25, 0.3) is 0 Å². The molecule has 0 fully saturated rings. The zero-order valence-corrected chi connectivity index (χ0v) is 9.42. The van der Waals surface area contributed by atoms with Crippen LogP contribution in [0.15, 0.2) is 42.7 Å². The lowest BCUT2D eigenvalue weighted by molar-refractivity contribution is 0.102. The Morgan fingerprint density at radius 3 is 2.94 bits per heavy atom. The third-order valence-electron chi connectivity index (χ3n) is 2.35. The topological polar surface area (TPSA) is 91.8 Å². The lowest BCUT2D eigenvalue weighted by Crippen LogP contribution is -2.14. The first kappa shape index (κ1) is 11.6. The van der Waals surface area contributed by atoms with E-state index in [0.29, 0.717) is 22.5 Å². The van der Waals surface area contributed by atoms with Crippen molar-refractivity contribution < 1.29 is 4.79 Å². The Balaban J connectivity index is 2.22. The van der Waals surface area contributed by atoms with Crippen LogP contribution in [-0.2, 0) is 0 Å². The molecule has 0 saturated heterocycles. The van der Waals surface area contributed by atoms with Crippen molar-refractivity contribution in [2.24, 2.45) is 0 Å². The molecule has 1 heterocycles. The third-order valence-corrected chi connectivity index (χ3v) is 2.35. The summed E-state index contributed by atoms with van der Waals surface area (Å²) in [4.78, 5) is 15.7. The van der Waals surface area contributed by atoms with Gasteiger partial charge in [-0.15, -0.1) is 0 Å². The molecule has 0 saturated carbocycles. The Morgan fingerprint density at radius 2 is 2.22 bits per heavy atom. The van der Waals surface area contributed by atoms with Crippen molar-refractivity contribution in [2.45, 2.75) is 0 Å². The number of carbonyl (C=O) groups is 1. The predicted octanol–water partition coefficient (Wildman–Crippen LogP) is 1.79. The number of nitriles is 1. The molecule has 3 N–H and O–H groups in total. The monoisotopic (exact) mass is 238 g/mol. The van der Waals surface area contributed by atoms with Crippen molar-refractivity contribution in [1.82, 2.24) is 4.98 Å². The number of hydrogen-bond acceptors (Lipinski definition) is 4. The van der Waals surface area contributed by atoms with E-state index >= 15 is 0 Å². The molecule has 5 nitrogen and oxygen atoms in total. The van der Waals surface area contributed by atoms with Gasteiger partial charge in [0.25, 0.3) is 5.91 Å². The van der Waals surface area contributed by atoms with Crippen LogP contribution in [0.4, 0.5) is 11.4 Å². The first-order valence-corrected chi connectivity index (χ1v) is 5.21. The molecule has 0 atom stereocenters. The standard InChI is InChI=1S/C13H10N4O/c14-7-9-2-1-3-10(6-9)17-13(18)11-4-5-16-8-12(11)15/h1-6,8H,15H2,(H,17,18). The highest BCUT2D eigenvalue weighted by atomic mass is 16.1. The molecule has 1 aromatic heterocycles. The van der Waals surface area contributed by atoms with Crippen molar-refractivity contribution in [1.29, 1.82) is 5.26 Å². The van der Waals surface area contributed by atoms with Gasteiger partial charge in [-0.2, -0.15) is 5.26 Å². The van der Waals surface area contributed by atoms with Crippen molar-refractivity contribution >= 4 is 17.3 Å². The summed E-state index contributed by atoms with van der Waals surface area (Å²) in [5, 5.41) is 11.4. The number of aromatic nitrogens is 1. The number of rotatable bonds is 2. The number of amides is 1. The Morgan fingerprint density at radius 1 is 1.39 bits per heavy atom. The number of pyridine rings is 1. The van der Waals surface area contributed by atoms with Gasteiger partial charge in [0.15, 0.2) is 0 Å². The lowest BCUT2D eigenvalue weighted by Gasteiger charge is -2.06. The Labute approximate surface area is 104 Å². The molecule has 5 heteroatoms. The van der Waals surface area contributed by atoms with Gasteiger partial charge in [0.1, 0.15) is 0 Å². The van der Waals surface area contributed by atoms with Crippen LogP contribution in [0.5, 0.6) is 0 Å². The summed E-state index contributed by atoms with van der Waals surface area (Å²) in [6, 6.07) is 10.2. The summed E-state index contributed by atoms with van der Waals surface area (Å²) in [7, 11) is 0. The normalized spacial score (nSPS) is 9.50. The molecule has 0 spiro atoms. The second-order valence-corrected chi connectivity index (χ2v) is 3.61. The molecule has 2 aromatic rings. The maximum absolute atomic E-state index is 11.9. The van der Waals surface area contributed by atoms with Gasteiger partial charge in [0.05, 0.1) is 29.1 Å². The highest BCUT2D eigenvalue weighted by Gasteiger charge is 2.09. The summed E-state index contributed by atoms with van der Waals surface area (Å²) in [6.45, 7) is 0. The smallest absolute Gasteiger partial charge is 0.257 e. The quantitative estimate of drug-likeness (QED) is 0.834. The molecule has 1 aromatic carbocycles. The first-order valence-electron chi connectivity index (χ1n) is 5.21. The van der Waals surface area contributed by atoms with Crippen LogP contribution in [0.1, 0.15) is 15.9 Å². The maximum atomic E-state index is 11.9. The van der Waals surface area contributed by atoms with Gasteiger partial charge in [-0.05, 0) is 24.3 Å². The number of nitrogens with zero attached hydrogens (tertiary/aromatic N) is 2. The number of nitrogens with one attached hydrogen (secondary N) is 1. The SMILES string of the molecule is N#Cc1cccc(NC(=O)c2ccncc2N)c1. The zero-order chi connectivity index (χ0) is 13.0. The van der Waals surface area contributed by atoms with E-state index in [4.69, 9.17) is 11.0 Å². The van der Waals surface area contributed by atoms with Crippen molar-refractivity contribution in [3.05, 3.63) is 53.9 Å². The summed E-state index contributed by atoms with van der Waals surface area (Å²) in [5.41, 5.74) is 7.35. The lowest BCUT2D eigenvalue weighted by atomic mass is 10.2. The molecule has 0 aliphatic heterocycles. The number of nitrogens with two attached hydrogens (primary N) is 1. The fourth-order valence-electron chi connectivity index (χ4n) is 1.48. The maximum Gasteiger partial charge on any atom is 0.257 e. The summed E-state index contributed by atoms with van der Waals surface area (Å²) in [6.07, 6.45) is 2.91. The van der Waals surface area contributed by atoms with Gasteiger partial charge in [-0.3, -0.25) is 9.78 Å². The molecule has 2 rings (SSSR count). The van der Waals surface area contributed by atoms with E-state index < -0.39 is 0 Å². The summed E-state index contributed by atoms with van der Waals surface area (Å²) < 4.78 is 0. The minimum Gasteiger partial charge on any atom is -0.397 e. The second-order valence-electron chi connectivity index (χ2n) is 3.61. The molecule has 0 unspecified atom stereocenters. The van der Waals surface area contributed by atoms with Crippen LogP contribution in [-0.4, -0.2) is 10.9 Å². The number of nitrogen functional groups attached to an aromatic ring is 1. The van der Waals surface area contributed by atoms with Gasteiger partial charge in [-0.25, -0.2) is 0 Å². The Kier molecular flexibility index (Phi) is 3.21. The van der Waals surface area contributed by atoms with Crippen molar-refractivity contribution in [3.63, 3.8) is 0 Å². The molecular formula is C13H10N4O. The average Bonchev–Trinajstić information content (AvgIpc) is 2.39. The molecule has 0 bridgehead atoms. The minimum absolute atomic E-state index is 0.312. The molecule has 88 valence electrons. The van der Waals surface area contributed by atoms with E-state index in [1.165, 1.54) is 12.4 Å². The Bertz CT molecular complexity index is 631. The predicted molar refractivity (Wildman–Crippen MR) is 67.8 cm³/mol. The van der Waals surface area contributed by atoms with Gasteiger partial charge < -0.3 is 11.1 Å². The van der Waals surface area contributed by atoms with E-state index in [0.717, 1.165) is 0 Å². The van der Waals surface area contributed by atoms with Gasteiger partial charge in [0, 0.05) is 11.9 Å². The van der Waals surface area contributed by atoms with E-state index in [1.54, 1.807) is 30.3 Å². The highest BCUT2D eigenvalue weighted by molar-refractivity contribution is 6.07. The van der Waals surface area contributed by atoms with Crippen molar-refractivity contribution in [3.8, 4) is 6.07 Å². The third kappa shape index (κ3) is 2.44. The second kappa shape index (κ2) is 4.97. The van der Waals surface area contributed by atoms with E-state index in [9.17, 15) is 4.79 Å². The number of benzene rings is 1. The molecular weight excluding hydrogens is 228 g/mol.